The zero-order chi connectivity index (χ0) is 14.9. The molecule has 0 saturated heterocycles. The Morgan fingerprint density at radius 2 is 2.00 bits per heavy atom. The van der Waals surface area contributed by atoms with Gasteiger partial charge < -0.3 is 5.11 Å². The Bertz CT molecular complexity index is 648. The third-order valence-corrected chi connectivity index (χ3v) is 3.35. The molecule has 0 unspecified atom stereocenters. The van der Waals surface area contributed by atoms with Crippen molar-refractivity contribution >= 4 is 11.3 Å². The number of alkyl halides is 3. The highest BCUT2D eigenvalue weighted by Crippen LogP contribution is 2.34. The third kappa shape index (κ3) is 3.36. The van der Waals surface area contributed by atoms with Crippen molar-refractivity contribution < 1.29 is 22.7 Å². The first-order valence-electron chi connectivity index (χ1n) is 5.45. The van der Waals surface area contributed by atoms with E-state index in [2.05, 4.69) is 11.6 Å². The minimum Gasteiger partial charge on any atom is -0.513 e. The smallest absolute Gasteiger partial charge is 0.416 e. The monoisotopic (exact) mass is 303 g/mol. The van der Waals surface area contributed by atoms with E-state index in [1.807, 2.05) is 0 Å². The van der Waals surface area contributed by atoms with E-state index in [9.17, 15) is 17.6 Å². The first-order chi connectivity index (χ1) is 9.25. The molecule has 1 N–H and O–H groups in total. The molecule has 2 nitrogen and oxygen atoms in total. The lowest BCUT2D eigenvalue weighted by Gasteiger charge is -2.08. The Labute approximate surface area is 116 Å². The number of hydrogen-bond donors (Lipinski definition) is 1. The fourth-order valence-corrected chi connectivity index (χ4v) is 2.41. The normalized spacial score (nSPS) is 11.6. The van der Waals surface area contributed by atoms with E-state index in [1.165, 1.54) is 0 Å². The molecule has 0 amide bonds. The van der Waals surface area contributed by atoms with Crippen LogP contribution in [-0.4, -0.2) is 10.1 Å². The molecule has 0 spiro atoms. The van der Waals surface area contributed by atoms with E-state index >= 15 is 0 Å². The van der Waals surface area contributed by atoms with E-state index in [0.29, 0.717) is 11.8 Å². The van der Waals surface area contributed by atoms with Crippen LogP contribution in [0.25, 0.3) is 10.6 Å². The molecule has 106 valence electrons. The number of allylic oxidation sites excluding steroid dienone is 1. The Morgan fingerprint density at radius 3 is 2.60 bits per heavy atom. The van der Waals surface area contributed by atoms with E-state index in [1.54, 1.807) is 5.38 Å². The second kappa shape index (κ2) is 5.24. The third-order valence-electron chi connectivity index (χ3n) is 2.41. The van der Waals surface area contributed by atoms with E-state index in [0.717, 1.165) is 23.5 Å². The highest BCUT2D eigenvalue weighted by Gasteiger charge is 2.31. The number of aliphatic hydroxyl groups is 1. The first kappa shape index (κ1) is 14.5. The summed E-state index contributed by atoms with van der Waals surface area (Å²) in [5.74, 6) is -1.07. The second-order valence-corrected chi connectivity index (χ2v) is 4.97. The summed E-state index contributed by atoms with van der Waals surface area (Å²) in [6.07, 6.45) is -4.51. The second-order valence-electron chi connectivity index (χ2n) is 4.11. The number of benzene rings is 1. The summed E-state index contributed by atoms with van der Waals surface area (Å²) in [4.78, 5) is 4.05. The lowest BCUT2D eigenvalue weighted by Crippen LogP contribution is -2.05. The summed E-state index contributed by atoms with van der Waals surface area (Å²) in [7, 11) is 0. The summed E-state index contributed by atoms with van der Waals surface area (Å²) >= 11 is 1.08. The Kier molecular flexibility index (Phi) is 3.80. The van der Waals surface area contributed by atoms with Gasteiger partial charge in [-0.15, -0.1) is 11.3 Å². The van der Waals surface area contributed by atoms with Gasteiger partial charge in [0, 0.05) is 17.4 Å². The summed E-state index contributed by atoms with van der Waals surface area (Å²) in [5.41, 5.74) is -0.539. The maximum Gasteiger partial charge on any atom is 0.416 e. The number of nitrogens with zero attached hydrogens (tertiary/aromatic N) is 1. The molecule has 1 heterocycles. The summed E-state index contributed by atoms with van der Waals surface area (Å²) in [6, 6.07) is 2.28. The van der Waals surface area contributed by atoms with Crippen molar-refractivity contribution in [3.05, 3.63) is 53.0 Å². The number of rotatable bonds is 3. The molecular formula is C13H9F4NOS. The maximum atomic E-state index is 13.3. The molecule has 1 aromatic carbocycles. The molecule has 20 heavy (non-hydrogen) atoms. The molecule has 0 fully saturated rings. The fraction of sp³-hybridized carbons (Fsp3) is 0.154. The zero-order valence-corrected chi connectivity index (χ0v) is 10.9. The molecule has 0 radical (unpaired) electrons. The predicted octanol–water partition coefficient (Wildman–Crippen LogP) is 4.58. The molecule has 2 rings (SSSR count). The molecule has 0 aliphatic carbocycles. The predicted molar refractivity (Wildman–Crippen MR) is 68.0 cm³/mol. The number of aliphatic hydroxyl groups excluding tert-OH is 1. The van der Waals surface area contributed by atoms with Gasteiger partial charge in [0.2, 0.25) is 0 Å². The van der Waals surface area contributed by atoms with Gasteiger partial charge in [-0.3, -0.25) is 0 Å². The van der Waals surface area contributed by atoms with Crippen molar-refractivity contribution in [1.82, 2.24) is 4.98 Å². The van der Waals surface area contributed by atoms with Gasteiger partial charge in [-0.05, 0) is 18.2 Å². The summed E-state index contributed by atoms with van der Waals surface area (Å²) in [5, 5.41) is 10.9. The van der Waals surface area contributed by atoms with Gasteiger partial charge in [0.05, 0.1) is 17.0 Å². The van der Waals surface area contributed by atoms with Crippen LogP contribution in [-0.2, 0) is 12.6 Å². The minimum absolute atomic E-state index is 0.0529. The van der Waals surface area contributed by atoms with Crippen LogP contribution in [0.4, 0.5) is 17.6 Å². The van der Waals surface area contributed by atoms with Gasteiger partial charge in [0.1, 0.15) is 10.8 Å². The zero-order valence-electron chi connectivity index (χ0n) is 10.0. The van der Waals surface area contributed by atoms with E-state index in [-0.39, 0.29) is 22.8 Å². The highest BCUT2D eigenvalue weighted by molar-refractivity contribution is 7.13. The van der Waals surface area contributed by atoms with Crippen LogP contribution in [0.5, 0.6) is 0 Å². The quantitative estimate of drug-likeness (QED) is 0.665. The van der Waals surface area contributed by atoms with Gasteiger partial charge >= 0.3 is 6.18 Å². The van der Waals surface area contributed by atoms with Crippen molar-refractivity contribution in [2.75, 3.05) is 0 Å². The average molecular weight is 303 g/mol. The Morgan fingerprint density at radius 1 is 1.30 bits per heavy atom. The van der Waals surface area contributed by atoms with Crippen molar-refractivity contribution in [2.45, 2.75) is 12.6 Å². The van der Waals surface area contributed by atoms with Crippen LogP contribution in [0.15, 0.2) is 35.9 Å². The molecule has 0 bridgehead atoms. The van der Waals surface area contributed by atoms with E-state index in [4.69, 9.17) is 5.11 Å². The Balaban J connectivity index is 2.40. The van der Waals surface area contributed by atoms with E-state index < -0.39 is 17.6 Å². The van der Waals surface area contributed by atoms with Crippen molar-refractivity contribution in [2.24, 2.45) is 0 Å². The molecular weight excluding hydrogens is 294 g/mol. The molecule has 2 aromatic rings. The minimum atomic E-state index is -4.61. The first-order valence-corrected chi connectivity index (χ1v) is 6.33. The number of thiazole rings is 1. The maximum absolute atomic E-state index is 13.3. The molecule has 7 heteroatoms. The van der Waals surface area contributed by atoms with Crippen molar-refractivity contribution in [3.63, 3.8) is 0 Å². The highest BCUT2D eigenvalue weighted by atomic mass is 32.1. The lowest BCUT2D eigenvalue weighted by atomic mass is 10.1. The fourth-order valence-electron chi connectivity index (χ4n) is 1.61. The SMILES string of the molecule is C=C(O)Cc1csc(-c2cc(F)cc(C(F)(F)F)c2)n1. The number of aromatic nitrogens is 1. The molecule has 0 saturated carbocycles. The van der Waals surface area contributed by atoms with Crippen LogP contribution in [0, 0.1) is 5.82 Å². The largest absolute Gasteiger partial charge is 0.513 e. The topological polar surface area (TPSA) is 33.1 Å². The Hall–Kier alpha value is -1.89. The van der Waals surface area contributed by atoms with Gasteiger partial charge in [-0.2, -0.15) is 13.2 Å². The van der Waals surface area contributed by atoms with Gasteiger partial charge in [0.15, 0.2) is 0 Å². The van der Waals surface area contributed by atoms with Crippen LogP contribution in [0.1, 0.15) is 11.3 Å². The number of halogens is 4. The molecule has 0 atom stereocenters. The molecule has 0 aliphatic heterocycles. The van der Waals surface area contributed by atoms with Crippen LogP contribution in [0.3, 0.4) is 0 Å². The summed E-state index contributed by atoms with van der Waals surface area (Å²) < 4.78 is 51.1. The van der Waals surface area contributed by atoms with Crippen LogP contribution in [0.2, 0.25) is 0 Å². The standard InChI is InChI=1S/C13H9F4NOS/c1-7(19)2-11-6-20-12(18-11)8-3-9(13(15,16)17)5-10(14)4-8/h3-6,19H,1-2H2. The molecule has 0 aliphatic rings. The van der Waals surface area contributed by atoms with Gasteiger partial charge in [-0.25, -0.2) is 9.37 Å². The van der Waals surface area contributed by atoms with Gasteiger partial charge in [-0.1, -0.05) is 6.58 Å². The van der Waals surface area contributed by atoms with Crippen LogP contribution >= 0.6 is 11.3 Å². The molecule has 1 aromatic heterocycles. The van der Waals surface area contributed by atoms with Crippen LogP contribution < -0.4 is 0 Å². The van der Waals surface area contributed by atoms with Gasteiger partial charge in [0.25, 0.3) is 0 Å². The average Bonchev–Trinajstić information content (AvgIpc) is 2.74. The number of hydrogen-bond acceptors (Lipinski definition) is 3. The van der Waals surface area contributed by atoms with Crippen molar-refractivity contribution in [1.29, 1.82) is 0 Å². The lowest BCUT2D eigenvalue weighted by molar-refractivity contribution is -0.137. The van der Waals surface area contributed by atoms with Crippen molar-refractivity contribution in [3.8, 4) is 10.6 Å². The summed E-state index contributed by atoms with van der Waals surface area (Å²) in [6.45, 7) is 3.30.